The largest absolute Gasteiger partial charge is 0.0881 e. The number of benzene rings is 1. The van der Waals surface area contributed by atoms with Crippen molar-refractivity contribution < 1.29 is 0 Å². The van der Waals surface area contributed by atoms with E-state index in [0.717, 1.165) is 0 Å². The van der Waals surface area contributed by atoms with Crippen LogP contribution in [0.15, 0.2) is 18.2 Å². The molecule has 0 spiro atoms. The minimum Gasteiger partial charge on any atom is -0.0881 e. The molecule has 0 aliphatic heterocycles. The van der Waals surface area contributed by atoms with Crippen LogP contribution >= 0.6 is 15.9 Å². The van der Waals surface area contributed by atoms with Crippen LogP contribution in [-0.4, -0.2) is 4.83 Å². The van der Waals surface area contributed by atoms with Crippen molar-refractivity contribution in [1.82, 2.24) is 0 Å². The van der Waals surface area contributed by atoms with Crippen LogP contribution in [0.4, 0.5) is 0 Å². The molecule has 0 nitrogen and oxygen atoms in total. The molecule has 0 radical (unpaired) electrons. The zero-order valence-corrected chi connectivity index (χ0v) is 13.5. The molecule has 100 valence electrons. The lowest BCUT2D eigenvalue weighted by atomic mass is 9.77. The fraction of sp³-hybridized carbons (Fsp3) is 0.647. The monoisotopic (exact) mass is 308 g/mol. The Hall–Kier alpha value is -0.300. The van der Waals surface area contributed by atoms with Gasteiger partial charge in [0.2, 0.25) is 0 Å². The van der Waals surface area contributed by atoms with E-state index in [1.165, 1.54) is 55.2 Å². The zero-order valence-electron chi connectivity index (χ0n) is 11.9. The number of hydrogen-bond acceptors (Lipinski definition) is 0. The van der Waals surface area contributed by atoms with E-state index in [2.05, 4.69) is 54.9 Å². The standard InChI is InChI=1S/C17H25Br/c1-4-17(9-5-6-10-17)16(18)12-15-11-13(2)7-8-14(15)3/h7-8,11,16H,4-6,9-10,12H2,1-3H3. The molecule has 1 heteroatoms. The molecule has 0 N–H and O–H groups in total. The predicted octanol–water partition coefficient (Wildman–Crippen LogP) is 5.58. The first-order valence-corrected chi connectivity index (χ1v) is 8.19. The Morgan fingerprint density at radius 2 is 1.89 bits per heavy atom. The van der Waals surface area contributed by atoms with Crippen molar-refractivity contribution in [2.24, 2.45) is 5.41 Å². The van der Waals surface area contributed by atoms with Crippen molar-refractivity contribution in [3.05, 3.63) is 34.9 Å². The Morgan fingerprint density at radius 3 is 2.50 bits per heavy atom. The first-order chi connectivity index (χ1) is 8.57. The maximum Gasteiger partial charge on any atom is 0.0242 e. The first kappa shape index (κ1) is 14.1. The molecule has 1 saturated carbocycles. The first-order valence-electron chi connectivity index (χ1n) is 7.27. The van der Waals surface area contributed by atoms with Crippen LogP contribution in [0, 0.1) is 19.3 Å². The Morgan fingerprint density at radius 1 is 1.22 bits per heavy atom. The summed E-state index contributed by atoms with van der Waals surface area (Å²) in [7, 11) is 0. The molecule has 0 heterocycles. The molecule has 1 atom stereocenters. The summed E-state index contributed by atoms with van der Waals surface area (Å²) < 4.78 is 0. The molecule has 1 aliphatic rings. The molecule has 1 aliphatic carbocycles. The van der Waals surface area contributed by atoms with Crippen molar-refractivity contribution in [3.63, 3.8) is 0 Å². The lowest BCUT2D eigenvalue weighted by molar-refractivity contribution is 0.275. The molecule has 1 unspecified atom stereocenters. The van der Waals surface area contributed by atoms with Crippen molar-refractivity contribution in [3.8, 4) is 0 Å². The summed E-state index contributed by atoms with van der Waals surface area (Å²) in [6.07, 6.45) is 8.15. The summed E-state index contributed by atoms with van der Waals surface area (Å²) in [5, 5.41) is 0. The van der Waals surface area contributed by atoms with Crippen molar-refractivity contribution in [2.75, 3.05) is 0 Å². The van der Waals surface area contributed by atoms with Gasteiger partial charge in [0.25, 0.3) is 0 Å². The van der Waals surface area contributed by atoms with E-state index in [9.17, 15) is 0 Å². The van der Waals surface area contributed by atoms with Crippen molar-refractivity contribution in [2.45, 2.75) is 64.1 Å². The maximum atomic E-state index is 4.02. The van der Waals surface area contributed by atoms with Gasteiger partial charge in [0.05, 0.1) is 0 Å². The third kappa shape index (κ3) is 2.82. The fourth-order valence-electron chi connectivity index (χ4n) is 3.40. The number of halogens is 1. The summed E-state index contributed by atoms with van der Waals surface area (Å²) in [6.45, 7) is 6.79. The normalized spacial score (nSPS) is 20.0. The molecule has 0 aromatic heterocycles. The molecule has 0 amide bonds. The third-order valence-corrected chi connectivity index (χ3v) is 6.17. The van der Waals surface area contributed by atoms with Crippen LogP contribution in [0.25, 0.3) is 0 Å². The lowest BCUT2D eigenvalue weighted by Gasteiger charge is -2.33. The second-order valence-electron chi connectivity index (χ2n) is 6.02. The molecule has 1 aromatic carbocycles. The molecule has 1 fully saturated rings. The molecule has 0 saturated heterocycles. The number of hydrogen-bond donors (Lipinski definition) is 0. The number of aryl methyl sites for hydroxylation is 2. The van der Waals surface area contributed by atoms with Gasteiger partial charge in [-0.1, -0.05) is 59.5 Å². The molecule has 0 bridgehead atoms. The quantitative estimate of drug-likeness (QED) is 0.637. The minimum atomic E-state index is 0.552. The molecular weight excluding hydrogens is 284 g/mol. The highest BCUT2D eigenvalue weighted by Crippen LogP contribution is 2.47. The lowest BCUT2D eigenvalue weighted by Crippen LogP contribution is -2.29. The smallest absolute Gasteiger partial charge is 0.0242 e. The van der Waals surface area contributed by atoms with Gasteiger partial charge in [-0.05, 0) is 56.1 Å². The zero-order chi connectivity index (χ0) is 13.2. The highest BCUT2D eigenvalue weighted by molar-refractivity contribution is 9.09. The summed E-state index contributed by atoms with van der Waals surface area (Å²) in [4.78, 5) is 0.637. The van der Waals surface area contributed by atoms with Crippen molar-refractivity contribution in [1.29, 1.82) is 0 Å². The minimum absolute atomic E-state index is 0.552. The van der Waals surface area contributed by atoms with Gasteiger partial charge in [-0.3, -0.25) is 0 Å². The third-order valence-electron chi connectivity index (χ3n) is 4.87. The summed E-state index contributed by atoms with van der Waals surface area (Å²) in [5.74, 6) is 0. The van der Waals surface area contributed by atoms with Gasteiger partial charge < -0.3 is 0 Å². The summed E-state index contributed by atoms with van der Waals surface area (Å²) in [5.41, 5.74) is 4.90. The Kier molecular flexibility index (Phi) is 4.53. The topological polar surface area (TPSA) is 0 Å². The van der Waals surface area contributed by atoms with E-state index in [4.69, 9.17) is 0 Å². The van der Waals surface area contributed by atoms with Gasteiger partial charge in [0.1, 0.15) is 0 Å². The average molecular weight is 309 g/mol. The van der Waals surface area contributed by atoms with E-state index in [-0.39, 0.29) is 0 Å². The van der Waals surface area contributed by atoms with E-state index in [0.29, 0.717) is 10.2 Å². The predicted molar refractivity (Wildman–Crippen MR) is 83.5 cm³/mol. The van der Waals surface area contributed by atoms with E-state index >= 15 is 0 Å². The van der Waals surface area contributed by atoms with E-state index < -0.39 is 0 Å². The van der Waals surface area contributed by atoms with E-state index in [1.807, 2.05) is 0 Å². The van der Waals surface area contributed by atoms with Gasteiger partial charge in [-0.15, -0.1) is 0 Å². The van der Waals surface area contributed by atoms with Crippen molar-refractivity contribution >= 4 is 15.9 Å². The van der Waals surface area contributed by atoms with Gasteiger partial charge in [-0.2, -0.15) is 0 Å². The van der Waals surface area contributed by atoms with Crippen LogP contribution in [0.1, 0.15) is 55.7 Å². The maximum absolute atomic E-state index is 4.02. The summed E-state index contributed by atoms with van der Waals surface area (Å²) in [6, 6.07) is 6.84. The van der Waals surface area contributed by atoms with Gasteiger partial charge in [-0.25, -0.2) is 0 Å². The van der Waals surface area contributed by atoms with Gasteiger partial charge in [0, 0.05) is 4.83 Å². The molecule has 2 rings (SSSR count). The van der Waals surface area contributed by atoms with Crippen LogP contribution < -0.4 is 0 Å². The Balaban J connectivity index is 2.15. The molecule has 18 heavy (non-hydrogen) atoms. The van der Waals surface area contributed by atoms with Crippen LogP contribution in [0.5, 0.6) is 0 Å². The van der Waals surface area contributed by atoms with Gasteiger partial charge >= 0.3 is 0 Å². The number of rotatable bonds is 4. The fourth-order valence-corrected chi connectivity index (χ4v) is 4.53. The van der Waals surface area contributed by atoms with Gasteiger partial charge in [0.15, 0.2) is 0 Å². The van der Waals surface area contributed by atoms with E-state index in [1.54, 1.807) is 0 Å². The highest BCUT2D eigenvalue weighted by atomic mass is 79.9. The highest BCUT2D eigenvalue weighted by Gasteiger charge is 2.38. The molecule has 1 aromatic rings. The van der Waals surface area contributed by atoms with Crippen LogP contribution in [-0.2, 0) is 6.42 Å². The summed E-state index contributed by atoms with van der Waals surface area (Å²) >= 11 is 4.02. The second-order valence-corrected chi connectivity index (χ2v) is 7.13. The SMILES string of the molecule is CCC1(C(Br)Cc2cc(C)ccc2C)CCCC1. The Labute approximate surface area is 120 Å². The molecular formula is C17H25Br. The number of alkyl halides is 1. The average Bonchev–Trinajstić information content (AvgIpc) is 2.84. The Bertz CT molecular complexity index is 402. The second kappa shape index (κ2) is 5.77. The van der Waals surface area contributed by atoms with Crippen LogP contribution in [0.3, 0.4) is 0 Å². The van der Waals surface area contributed by atoms with Crippen LogP contribution in [0.2, 0.25) is 0 Å².